The molecule has 1 aliphatic heterocycles. The van der Waals surface area contributed by atoms with E-state index in [1.807, 2.05) is 0 Å². The standard InChI is InChI=1S/C17H27N3O3S/c1-12-10-15(13(2)20(12)16-4-5-16)11-18-17(21)14-6-8-19(9-7-14)24(3,22)23/h10,14,16H,4-9,11H2,1-3H3,(H,18,21). The maximum atomic E-state index is 12.4. The highest BCUT2D eigenvalue weighted by molar-refractivity contribution is 7.88. The highest BCUT2D eigenvalue weighted by Crippen LogP contribution is 2.38. The van der Waals surface area contributed by atoms with Gasteiger partial charge >= 0.3 is 0 Å². The topological polar surface area (TPSA) is 71.4 Å². The quantitative estimate of drug-likeness (QED) is 0.876. The molecule has 2 fully saturated rings. The summed E-state index contributed by atoms with van der Waals surface area (Å²) in [4.78, 5) is 12.4. The van der Waals surface area contributed by atoms with Crippen LogP contribution >= 0.6 is 0 Å². The number of piperidine rings is 1. The molecule has 3 rings (SSSR count). The van der Waals surface area contributed by atoms with E-state index in [0.717, 1.165) is 0 Å². The molecule has 1 saturated carbocycles. The highest BCUT2D eigenvalue weighted by Gasteiger charge is 2.29. The molecule has 1 aliphatic carbocycles. The molecule has 0 atom stereocenters. The van der Waals surface area contributed by atoms with Crippen LogP contribution in [-0.2, 0) is 21.4 Å². The Balaban J connectivity index is 1.54. The van der Waals surface area contributed by atoms with Gasteiger partial charge in [0.25, 0.3) is 0 Å². The third-order valence-electron chi connectivity index (χ3n) is 5.25. The fourth-order valence-corrected chi connectivity index (χ4v) is 4.57. The molecule has 0 aromatic carbocycles. The fraction of sp³-hybridized carbons (Fsp3) is 0.706. The summed E-state index contributed by atoms with van der Waals surface area (Å²) in [6.45, 7) is 5.67. The molecule has 134 valence electrons. The number of carbonyl (C=O) groups is 1. The van der Waals surface area contributed by atoms with Crippen LogP contribution in [0.5, 0.6) is 0 Å². The lowest BCUT2D eigenvalue weighted by Crippen LogP contribution is -2.42. The van der Waals surface area contributed by atoms with Crippen molar-refractivity contribution < 1.29 is 13.2 Å². The van der Waals surface area contributed by atoms with Crippen molar-refractivity contribution in [2.45, 2.75) is 52.1 Å². The first-order valence-corrected chi connectivity index (χ1v) is 10.5. The first-order valence-electron chi connectivity index (χ1n) is 8.67. The van der Waals surface area contributed by atoms with E-state index >= 15 is 0 Å². The number of amides is 1. The highest BCUT2D eigenvalue weighted by atomic mass is 32.2. The van der Waals surface area contributed by atoms with Gasteiger partial charge in [0.05, 0.1) is 6.26 Å². The van der Waals surface area contributed by atoms with Gasteiger partial charge in [0.1, 0.15) is 0 Å². The normalized spacial score (nSPS) is 20.3. The van der Waals surface area contributed by atoms with E-state index in [-0.39, 0.29) is 11.8 Å². The van der Waals surface area contributed by atoms with Gasteiger partial charge in [0.15, 0.2) is 0 Å². The lowest BCUT2D eigenvalue weighted by Gasteiger charge is -2.29. The van der Waals surface area contributed by atoms with Crippen LogP contribution in [0.3, 0.4) is 0 Å². The second kappa shape index (κ2) is 6.52. The van der Waals surface area contributed by atoms with E-state index in [9.17, 15) is 13.2 Å². The minimum atomic E-state index is -3.14. The molecule has 1 aromatic rings. The average Bonchev–Trinajstić information content (AvgIpc) is 3.31. The zero-order chi connectivity index (χ0) is 17.5. The number of aryl methyl sites for hydroxylation is 1. The van der Waals surface area contributed by atoms with Crippen molar-refractivity contribution in [3.63, 3.8) is 0 Å². The number of rotatable bonds is 5. The van der Waals surface area contributed by atoms with Crippen LogP contribution in [0.25, 0.3) is 0 Å². The van der Waals surface area contributed by atoms with Gasteiger partial charge in [-0.15, -0.1) is 0 Å². The molecule has 1 amide bonds. The Labute approximate surface area is 144 Å². The van der Waals surface area contributed by atoms with E-state index in [0.29, 0.717) is 38.5 Å². The molecule has 24 heavy (non-hydrogen) atoms. The summed E-state index contributed by atoms with van der Waals surface area (Å²) >= 11 is 0. The predicted molar refractivity (Wildman–Crippen MR) is 93.2 cm³/mol. The Morgan fingerprint density at radius 1 is 1.21 bits per heavy atom. The third-order valence-corrected chi connectivity index (χ3v) is 6.55. The summed E-state index contributed by atoms with van der Waals surface area (Å²) in [5, 5.41) is 3.04. The van der Waals surface area contributed by atoms with Crippen molar-refractivity contribution in [1.82, 2.24) is 14.2 Å². The molecule has 0 unspecified atom stereocenters. The first kappa shape index (κ1) is 17.5. The molecular formula is C17H27N3O3S. The van der Waals surface area contributed by atoms with E-state index in [1.165, 1.54) is 40.4 Å². The zero-order valence-corrected chi connectivity index (χ0v) is 15.5. The van der Waals surface area contributed by atoms with Crippen molar-refractivity contribution in [2.75, 3.05) is 19.3 Å². The van der Waals surface area contributed by atoms with Crippen molar-refractivity contribution in [2.24, 2.45) is 5.92 Å². The Kier molecular flexibility index (Phi) is 4.75. The maximum Gasteiger partial charge on any atom is 0.223 e. The van der Waals surface area contributed by atoms with E-state index in [1.54, 1.807) is 0 Å². The number of nitrogens with zero attached hydrogens (tertiary/aromatic N) is 2. The van der Waals surface area contributed by atoms with Crippen LogP contribution in [0.2, 0.25) is 0 Å². The van der Waals surface area contributed by atoms with Crippen LogP contribution in [0.1, 0.15) is 48.7 Å². The van der Waals surface area contributed by atoms with Crippen molar-refractivity contribution >= 4 is 15.9 Å². The lowest BCUT2D eigenvalue weighted by atomic mass is 9.97. The number of nitrogens with one attached hydrogen (secondary N) is 1. The summed E-state index contributed by atoms with van der Waals surface area (Å²) < 4.78 is 26.9. The number of hydrogen-bond donors (Lipinski definition) is 1. The number of sulfonamides is 1. The zero-order valence-electron chi connectivity index (χ0n) is 14.7. The summed E-state index contributed by atoms with van der Waals surface area (Å²) in [6, 6.07) is 2.81. The first-order chi connectivity index (χ1) is 11.3. The molecule has 6 nitrogen and oxygen atoms in total. The number of carbonyl (C=O) groups excluding carboxylic acids is 1. The molecule has 1 aromatic heterocycles. The molecule has 1 N–H and O–H groups in total. The SMILES string of the molecule is Cc1cc(CNC(=O)C2CCN(S(C)(=O)=O)CC2)c(C)n1C1CC1. The maximum absolute atomic E-state index is 12.4. The third kappa shape index (κ3) is 3.67. The second-order valence-electron chi connectivity index (χ2n) is 7.15. The molecular weight excluding hydrogens is 326 g/mol. The van der Waals surface area contributed by atoms with Crippen LogP contribution < -0.4 is 5.32 Å². The van der Waals surface area contributed by atoms with Gasteiger partial charge in [-0.3, -0.25) is 4.79 Å². The molecule has 2 aliphatic rings. The van der Waals surface area contributed by atoms with Crippen LogP contribution in [-0.4, -0.2) is 42.5 Å². The Morgan fingerprint density at radius 3 is 2.38 bits per heavy atom. The monoisotopic (exact) mass is 353 g/mol. The molecule has 0 spiro atoms. The van der Waals surface area contributed by atoms with Gasteiger partial charge in [0, 0.05) is 43.0 Å². The second-order valence-corrected chi connectivity index (χ2v) is 9.13. The molecule has 0 radical (unpaired) electrons. The van der Waals surface area contributed by atoms with Crippen molar-refractivity contribution in [3.8, 4) is 0 Å². The predicted octanol–water partition coefficient (Wildman–Crippen LogP) is 1.73. The minimum Gasteiger partial charge on any atom is -0.352 e. The van der Waals surface area contributed by atoms with Gasteiger partial charge in [-0.25, -0.2) is 12.7 Å². The van der Waals surface area contributed by atoms with Crippen molar-refractivity contribution in [1.29, 1.82) is 0 Å². The van der Waals surface area contributed by atoms with E-state index in [4.69, 9.17) is 0 Å². The largest absolute Gasteiger partial charge is 0.352 e. The van der Waals surface area contributed by atoms with Gasteiger partial charge < -0.3 is 9.88 Å². The molecule has 7 heteroatoms. The van der Waals surface area contributed by atoms with E-state index < -0.39 is 10.0 Å². The average molecular weight is 353 g/mol. The molecule has 2 heterocycles. The molecule has 1 saturated heterocycles. The molecule has 0 bridgehead atoms. The Morgan fingerprint density at radius 2 is 1.83 bits per heavy atom. The summed E-state index contributed by atoms with van der Waals surface area (Å²) in [5.74, 6) is -0.0469. The summed E-state index contributed by atoms with van der Waals surface area (Å²) in [6.07, 6.45) is 4.92. The van der Waals surface area contributed by atoms with Gasteiger partial charge in [0.2, 0.25) is 15.9 Å². The van der Waals surface area contributed by atoms with E-state index in [2.05, 4.69) is 29.8 Å². The summed E-state index contributed by atoms with van der Waals surface area (Å²) in [5.41, 5.74) is 3.70. The summed E-state index contributed by atoms with van der Waals surface area (Å²) in [7, 11) is -3.14. The van der Waals surface area contributed by atoms with Crippen molar-refractivity contribution in [3.05, 3.63) is 23.0 Å². The number of aromatic nitrogens is 1. The Bertz CT molecular complexity index is 727. The van der Waals surface area contributed by atoms with Gasteiger partial charge in [-0.05, 0) is 51.2 Å². The van der Waals surface area contributed by atoms with Crippen LogP contribution in [0.15, 0.2) is 6.07 Å². The lowest BCUT2D eigenvalue weighted by molar-refractivity contribution is -0.126. The van der Waals surface area contributed by atoms with Gasteiger partial charge in [-0.2, -0.15) is 0 Å². The minimum absolute atomic E-state index is 0.0411. The van der Waals surface area contributed by atoms with Crippen LogP contribution in [0.4, 0.5) is 0 Å². The van der Waals surface area contributed by atoms with Crippen LogP contribution in [0, 0.1) is 19.8 Å². The smallest absolute Gasteiger partial charge is 0.223 e. The number of hydrogen-bond acceptors (Lipinski definition) is 3. The van der Waals surface area contributed by atoms with Gasteiger partial charge in [-0.1, -0.05) is 0 Å². The fourth-order valence-electron chi connectivity index (χ4n) is 3.70. The Hall–Kier alpha value is -1.34.